The standard InChI is InChI=1S/C14H15N3O2/c18-10-12-3-1-11(2-4-12)5-7-15-14(19)13-6-8-16-17-9-13/h1-4,6,8-9,18H,5,7,10H2,(H,15,19). The highest BCUT2D eigenvalue weighted by molar-refractivity contribution is 5.93. The van der Waals surface area contributed by atoms with Gasteiger partial charge in [-0.25, -0.2) is 0 Å². The summed E-state index contributed by atoms with van der Waals surface area (Å²) in [7, 11) is 0. The minimum atomic E-state index is -0.151. The van der Waals surface area contributed by atoms with Crippen molar-refractivity contribution in [2.45, 2.75) is 13.0 Å². The molecule has 98 valence electrons. The summed E-state index contributed by atoms with van der Waals surface area (Å²) in [5.74, 6) is -0.151. The number of carbonyl (C=O) groups excluding carboxylic acids is 1. The van der Waals surface area contributed by atoms with E-state index in [1.54, 1.807) is 6.07 Å². The molecule has 1 heterocycles. The molecule has 0 saturated heterocycles. The van der Waals surface area contributed by atoms with Crippen LogP contribution in [0.5, 0.6) is 0 Å². The number of aliphatic hydroxyl groups excluding tert-OH is 1. The number of rotatable bonds is 5. The molecule has 1 aromatic carbocycles. The van der Waals surface area contributed by atoms with Gasteiger partial charge in [0.05, 0.1) is 24.6 Å². The fourth-order valence-corrected chi connectivity index (χ4v) is 1.66. The van der Waals surface area contributed by atoms with E-state index in [0.29, 0.717) is 12.1 Å². The highest BCUT2D eigenvalue weighted by Crippen LogP contribution is 2.04. The summed E-state index contributed by atoms with van der Waals surface area (Å²) >= 11 is 0. The number of carbonyl (C=O) groups is 1. The van der Waals surface area contributed by atoms with Gasteiger partial charge in [0.15, 0.2) is 0 Å². The summed E-state index contributed by atoms with van der Waals surface area (Å²) in [6, 6.07) is 9.28. The zero-order chi connectivity index (χ0) is 13.5. The Bertz CT molecular complexity index is 526. The first kappa shape index (κ1) is 13.2. The quantitative estimate of drug-likeness (QED) is 0.836. The van der Waals surface area contributed by atoms with Crippen LogP contribution >= 0.6 is 0 Å². The van der Waals surface area contributed by atoms with Gasteiger partial charge in [0.2, 0.25) is 0 Å². The molecule has 2 N–H and O–H groups in total. The van der Waals surface area contributed by atoms with E-state index >= 15 is 0 Å². The Balaban J connectivity index is 1.81. The number of nitrogens with one attached hydrogen (secondary N) is 1. The van der Waals surface area contributed by atoms with E-state index in [1.165, 1.54) is 12.4 Å². The number of nitrogens with zero attached hydrogens (tertiary/aromatic N) is 2. The van der Waals surface area contributed by atoms with Crippen LogP contribution in [0.4, 0.5) is 0 Å². The molecule has 0 unspecified atom stereocenters. The predicted molar refractivity (Wildman–Crippen MR) is 70.4 cm³/mol. The lowest BCUT2D eigenvalue weighted by atomic mass is 10.1. The third-order valence-corrected chi connectivity index (χ3v) is 2.75. The van der Waals surface area contributed by atoms with Gasteiger partial charge in [-0.3, -0.25) is 4.79 Å². The van der Waals surface area contributed by atoms with Crippen molar-refractivity contribution in [3.05, 3.63) is 59.4 Å². The van der Waals surface area contributed by atoms with Crippen LogP contribution < -0.4 is 5.32 Å². The number of amides is 1. The van der Waals surface area contributed by atoms with Gasteiger partial charge in [-0.1, -0.05) is 24.3 Å². The van der Waals surface area contributed by atoms with E-state index in [2.05, 4.69) is 15.5 Å². The van der Waals surface area contributed by atoms with Crippen LogP contribution in [0.15, 0.2) is 42.7 Å². The summed E-state index contributed by atoms with van der Waals surface area (Å²) in [4.78, 5) is 11.7. The minimum Gasteiger partial charge on any atom is -0.392 e. The Morgan fingerprint density at radius 3 is 2.47 bits per heavy atom. The average molecular weight is 257 g/mol. The second-order valence-electron chi connectivity index (χ2n) is 4.11. The molecule has 1 aromatic heterocycles. The fourth-order valence-electron chi connectivity index (χ4n) is 1.66. The molecule has 0 aliphatic rings. The zero-order valence-corrected chi connectivity index (χ0v) is 10.4. The van der Waals surface area contributed by atoms with Crippen LogP contribution in [0.1, 0.15) is 21.5 Å². The largest absolute Gasteiger partial charge is 0.392 e. The smallest absolute Gasteiger partial charge is 0.252 e. The maximum atomic E-state index is 11.7. The normalized spacial score (nSPS) is 10.2. The van der Waals surface area contributed by atoms with Gasteiger partial charge in [0.25, 0.3) is 5.91 Å². The highest BCUT2D eigenvalue weighted by atomic mass is 16.3. The molecular formula is C14H15N3O2. The van der Waals surface area contributed by atoms with Gasteiger partial charge in [-0.2, -0.15) is 10.2 Å². The molecule has 0 bridgehead atoms. The van der Waals surface area contributed by atoms with Gasteiger partial charge in [0, 0.05) is 6.54 Å². The van der Waals surface area contributed by atoms with Gasteiger partial charge in [-0.15, -0.1) is 0 Å². The average Bonchev–Trinajstić information content (AvgIpc) is 2.49. The molecule has 0 saturated carbocycles. The lowest BCUT2D eigenvalue weighted by Gasteiger charge is -2.05. The van der Waals surface area contributed by atoms with Crippen LogP contribution in [-0.4, -0.2) is 27.8 Å². The van der Waals surface area contributed by atoms with Crippen molar-refractivity contribution in [1.29, 1.82) is 0 Å². The van der Waals surface area contributed by atoms with Gasteiger partial charge in [0.1, 0.15) is 0 Å². The third-order valence-electron chi connectivity index (χ3n) is 2.75. The molecule has 0 aliphatic heterocycles. The monoisotopic (exact) mass is 257 g/mol. The van der Waals surface area contributed by atoms with Gasteiger partial charge >= 0.3 is 0 Å². The summed E-state index contributed by atoms with van der Waals surface area (Å²) in [5, 5.41) is 19.0. The molecule has 2 aromatic rings. The van der Waals surface area contributed by atoms with Crippen molar-refractivity contribution in [2.24, 2.45) is 0 Å². The Hall–Kier alpha value is -2.27. The molecule has 0 spiro atoms. The van der Waals surface area contributed by atoms with Crippen molar-refractivity contribution in [3.8, 4) is 0 Å². The van der Waals surface area contributed by atoms with E-state index < -0.39 is 0 Å². The first-order valence-corrected chi connectivity index (χ1v) is 6.03. The molecule has 0 atom stereocenters. The molecule has 5 heteroatoms. The van der Waals surface area contributed by atoms with Gasteiger partial charge < -0.3 is 10.4 Å². The second kappa shape index (κ2) is 6.61. The predicted octanol–water partition coefficient (Wildman–Crippen LogP) is 0.941. The molecule has 1 amide bonds. The van der Waals surface area contributed by atoms with Crippen molar-refractivity contribution < 1.29 is 9.90 Å². The summed E-state index contributed by atoms with van der Waals surface area (Å²) in [5.41, 5.74) is 2.51. The molecular weight excluding hydrogens is 242 g/mol. The molecule has 5 nitrogen and oxygen atoms in total. The highest BCUT2D eigenvalue weighted by Gasteiger charge is 2.04. The van der Waals surface area contributed by atoms with Crippen LogP contribution in [0.2, 0.25) is 0 Å². The van der Waals surface area contributed by atoms with E-state index in [9.17, 15) is 4.79 Å². The van der Waals surface area contributed by atoms with Crippen molar-refractivity contribution in [1.82, 2.24) is 15.5 Å². The Labute approximate surface area is 111 Å². The van der Waals surface area contributed by atoms with Crippen LogP contribution in [-0.2, 0) is 13.0 Å². The Morgan fingerprint density at radius 1 is 1.11 bits per heavy atom. The van der Waals surface area contributed by atoms with E-state index in [4.69, 9.17) is 5.11 Å². The van der Waals surface area contributed by atoms with E-state index in [1.807, 2.05) is 24.3 Å². The van der Waals surface area contributed by atoms with Gasteiger partial charge in [-0.05, 0) is 23.6 Å². The second-order valence-corrected chi connectivity index (χ2v) is 4.11. The van der Waals surface area contributed by atoms with Crippen molar-refractivity contribution in [2.75, 3.05) is 6.54 Å². The number of hydrogen-bond acceptors (Lipinski definition) is 4. The number of benzene rings is 1. The topological polar surface area (TPSA) is 75.1 Å². The Kier molecular flexibility index (Phi) is 4.58. The fraction of sp³-hybridized carbons (Fsp3) is 0.214. The molecule has 19 heavy (non-hydrogen) atoms. The molecule has 2 rings (SSSR count). The lowest BCUT2D eigenvalue weighted by molar-refractivity contribution is 0.0953. The molecule has 0 aliphatic carbocycles. The SMILES string of the molecule is O=C(NCCc1ccc(CO)cc1)c1ccnnc1. The molecule has 0 fully saturated rings. The van der Waals surface area contributed by atoms with Crippen molar-refractivity contribution >= 4 is 5.91 Å². The summed E-state index contributed by atoms with van der Waals surface area (Å²) in [6.45, 7) is 0.603. The van der Waals surface area contributed by atoms with E-state index in [0.717, 1.165) is 17.5 Å². The minimum absolute atomic E-state index is 0.0477. The number of aliphatic hydroxyl groups is 1. The van der Waals surface area contributed by atoms with Crippen molar-refractivity contribution in [3.63, 3.8) is 0 Å². The Morgan fingerprint density at radius 2 is 1.84 bits per heavy atom. The number of hydrogen-bond donors (Lipinski definition) is 2. The summed E-state index contributed by atoms with van der Waals surface area (Å²) in [6.07, 6.45) is 3.67. The third kappa shape index (κ3) is 3.86. The maximum Gasteiger partial charge on any atom is 0.252 e. The maximum absolute atomic E-state index is 11.7. The van der Waals surface area contributed by atoms with E-state index in [-0.39, 0.29) is 12.5 Å². The van der Waals surface area contributed by atoms with Crippen LogP contribution in [0, 0.1) is 0 Å². The molecule has 0 radical (unpaired) electrons. The van der Waals surface area contributed by atoms with Crippen LogP contribution in [0.3, 0.4) is 0 Å². The lowest BCUT2D eigenvalue weighted by Crippen LogP contribution is -2.25. The first-order chi connectivity index (χ1) is 9.29. The van der Waals surface area contributed by atoms with Crippen LogP contribution in [0.25, 0.3) is 0 Å². The summed E-state index contributed by atoms with van der Waals surface area (Å²) < 4.78 is 0. The number of aromatic nitrogens is 2. The first-order valence-electron chi connectivity index (χ1n) is 6.03. The zero-order valence-electron chi connectivity index (χ0n) is 10.4.